The zero-order valence-electron chi connectivity index (χ0n) is 15.1. The number of benzene rings is 1. The third-order valence-electron chi connectivity index (χ3n) is 3.73. The normalized spacial score (nSPS) is 13.0. The number of aryl methyl sites for hydroxylation is 2. The molecule has 3 amide bonds. The van der Waals surface area contributed by atoms with Crippen molar-refractivity contribution in [3.63, 3.8) is 0 Å². The maximum atomic E-state index is 12.3. The molecule has 0 spiro atoms. The zero-order valence-corrected chi connectivity index (χ0v) is 16.0. The molecule has 0 bridgehead atoms. The van der Waals surface area contributed by atoms with Crippen molar-refractivity contribution in [2.45, 2.75) is 46.7 Å². The lowest BCUT2D eigenvalue weighted by Crippen LogP contribution is -2.38. The molecule has 2 aromatic rings. The van der Waals surface area contributed by atoms with Crippen molar-refractivity contribution in [2.24, 2.45) is 0 Å². The first-order chi connectivity index (χ1) is 11.8. The van der Waals surface area contributed by atoms with Crippen LogP contribution in [0.1, 0.15) is 54.0 Å². The van der Waals surface area contributed by atoms with Crippen LogP contribution in [-0.4, -0.2) is 16.9 Å². The van der Waals surface area contributed by atoms with Crippen LogP contribution >= 0.6 is 11.3 Å². The number of aromatic nitrogens is 1. The van der Waals surface area contributed by atoms with Crippen molar-refractivity contribution in [3.8, 4) is 0 Å². The summed E-state index contributed by atoms with van der Waals surface area (Å²) in [7, 11) is 0. The first kappa shape index (κ1) is 18.9. The minimum absolute atomic E-state index is 0.107. The van der Waals surface area contributed by atoms with Crippen LogP contribution < -0.4 is 16.0 Å². The summed E-state index contributed by atoms with van der Waals surface area (Å²) in [5.41, 5.74) is 2.58. The number of carbonyl (C=O) groups excluding carboxylic acids is 2. The van der Waals surface area contributed by atoms with Gasteiger partial charge in [0.2, 0.25) is 5.91 Å². The zero-order chi connectivity index (χ0) is 18.6. The van der Waals surface area contributed by atoms with Gasteiger partial charge in [-0.1, -0.05) is 12.1 Å². The van der Waals surface area contributed by atoms with Crippen LogP contribution in [0.3, 0.4) is 0 Å². The van der Waals surface area contributed by atoms with Gasteiger partial charge in [-0.2, -0.15) is 0 Å². The van der Waals surface area contributed by atoms with Crippen molar-refractivity contribution in [2.75, 3.05) is 5.32 Å². The molecule has 6 nitrogen and oxygen atoms in total. The molecule has 0 aliphatic carbocycles. The Labute approximate surface area is 152 Å². The molecule has 0 aliphatic rings. The third-order valence-corrected chi connectivity index (χ3v) is 4.99. The second-order valence-corrected chi connectivity index (χ2v) is 7.29. The lowest BCUT2D eigenvalue weighted by Gasteiger charge is -2.18. The number of nitrogens with zero attached hydrogens (tertiary/aromatic N) is 1. The van der Waals surface area contributed by atoms with Gasteiger partial charge in [-0.15, -0.1) is 11.3 Å². The first-order valence-electron chi connectivity index (χ1n) is 8.14. The van der Waals surface area contributed by atoms with Crippen LogP contribution in [0.5, 0.6) is 0 Å². The van der Waals surface area contributed by atoms with Crippen molar-refractivity contribution in [3.05, 3.63) is 45.4 Å². The molecule has 0 radical (unpaired) electrons. The molecular formula is C18H24N4O2S. The van der Waals surface area contributed by atoms with E-state index in [9.17, 15) is 9.59 Å². The third kappa shape index (κ3) is 5.29. The minimum atomic E-state index is -0.240. The fraction of sp³-hybridized carbons (Fsp3) is 0.389. The molecule has 1 aromatic heterocycles. The van der Waals surface area contributed by atoms with Crippen molar-refractivity contribution >= 4 is 29.0 Å². The van der Waals surface area contributed by atoms with Crippen LogP contribution in [0, 0.1) is 13.8 Å². The SMILES string of the molecule is CC(=O)Nc1cccc([C@@H](C)NC(=O)N[C@H](C)c2sc(C)nc2C)c1. The summed E-state index contributed by atoms with van der Waals surface area (Å²) in [6.45, 7) is 9.22. The van der Waals surface area contributed by atoms with Gasteiger partial charge in [-0.05, 0) is 45.4 Å². The molecule has 0 unspecified atom stereocenters. The van der Waals surface area contributed by atoms with Crippen LogP contribution in [0.2, 0.25) is 0 Å². The Hall–Kier alpha value is -2.41. The molecule has 7 heteroatoms. The van der Waals surface area contributed by atoms with Gasteiger partial charge in [-0.25, -0.2) is 9.78 Å². The number of rotatable bonds is 5. The number of anilines is 1. The van der Waals surface area contributed by atoms with E-state index in [1.165, 1.54) is 6.92 Å². The smallest absolute Gasteiger partial charge is 0.315 e. The Kier molecular flexibility index (Phi) is 6.14. The number of hydrogen-bond donors (Lipinski definition) is 3. The van der Waals surface area contributed by atoms with E-state index in [0.717, 1.165) is 21.1 Å². The lowest BCUT2D eigenvalue weighted by molar-refractivity contribution is -0.114. The lowest BCUT2D eigenvalue weighted by atomic mass is 10.1. The molecule has 0 fully saturated rings. The molecule has 1 aromatic carbocycles. The molecule has 1 heterocycles. The van der Waals surface area contributed by atoms with Gasteiger partial charge in [0.25, 0.3) is 0 Å². The summed E-state index contributed by atoms with van der Waals surface area (Å²) >= 11 is 1.59. The van der Waals surface area contributed by atoms with Crippen molar-refractivity contribution in [1.82, 2.24) is 15.6 Å². The standard InChI is InChI=1S/C18H24N4O2S/c1-10(15-7-6-8-16(9-15)22-13(4)23)20-18(24)21-12(3)17-11(2)19-14(5)25-17/h6-10,12H,1-5H3,(H,22,23)(H2,20,21,24)/t10-,12-/m1/s1. The molecular weight excluding hydrogens is 336 g/mol. The van der Waals surface area contributed by atoms with Crippen LogP contribution in [-0.2, 0) is 4.79 Å². The van der Waals surface area contributed by atoms with Gasteiger partial charge in [0.05, 0.1) is 22.8 Å². The van der Waals surface area contributed by atoms with Crippen molar-refractivity contribution in [1.29, 1.82) is 0 Å². The van der Waals surface area contributed by atoms with Crippen molar-refractivity contribution < 1.29 is 9.59 Å². The maximum Gasteiger partial charge on any atom is 0.315 e. The summed E-state index contributed by atoms with van der Waals surface area (Å²) in [6, 6.07) is 6.89. The fourth-order valence-electron chi connectivity index (χ4n) is 2.62. The highest BCUT2D eigenvalue weighted by Gasteiger charge is 2.17. The van der Waals surface area contributed by atoms with Gasteiger partial charge in [-0.3, -0.25) is 4.79 Å². The largest absolute Gasteiger partial charge is 0.332 e. The van der Waals surface area contributed by atoms with Gasteiger partial charge in [0.1, 0.15) is 0 Å². The van der Waals surface area contributed by atoms with E-state index in [1.807, 2.05) is 52.0 Å². The summed E-state index contributed by atoms with van der Waals surface area (Å²) in [4.78, 5) is 28.9. The quantitative estimate of drug-likeness (QED) is 0.757. The van der Waals surface area contributed by atoms with Gasteiger partial charge < -0.3 is 16.0 Å². The molecule has 134 valence electrons. The van der Waals surface area contributed by atoms with Gasteiger partial charge >= 0.3 is 6.03 Å². The van der Waals surface area contributed by atoms with Gasteiger partial charge in [0, 0.05) is 17.5 Å². The Morgan fingerprint density at radius 3 is 2.40 bits per heavy atom. The number of urea groups is 1. The molecule has 25 heavy (non-hydrogen) atoms. The van der Waals surface area contributed by atoms with Crippen LogP contribution in [0.15, 0.2) is 24.3 Å². The summed E-state index contributed by atoms with van der Waals surface area (Å²) in [6.07, 6.45) is 0. The minimum Gasteiger partial charge on any atom is -0.332 e. The molecule has 2 atom stereocenters. The maximum absolute atomic E-state index is 12.3. The summed E-state index contributed by atoms with van der Waals surface area (Å²) in [5.74, 6) is -0.125. The Balaban J connectivity index is 1.98. The number of hydrogen-bond acceptors (Lipinski definition) is 4. The Bertz CT molecular complexity index is 772. The highest BCUT2D eigenvalue weighted by atomic mass is 32.1. The predicted octanol–water partition coefficient (Wildman–Crippen LogP) is 3.84. The van der Waals surface area contributed by atoms with E-state index >= 15 is 0 Å². The molecule has 3 N–H and O–H groups in total. The van der Waals surface area contributed by atoms with E-state index in [4.69, 9.17) is 0 Å². The monoisotopic (exact) mass is 360 g/mol. The summed E-state index contributed by atoms with van der Waals surface area (Å²) < 4.78 is 0. The van der Waals surface area contributed by atoms with Gasteiger partial charge in [0.15, 0.2) is 0 Å². The van der Waals surface area contributed by atoms with E-state index in [0.29, 0.717) is 5.69 Å². The van der Waals surface area contributed by atoms with Crippen LogP contribution in [0.25, 0.3) is 0 Å². The topological polar surface area (TPSA) is 83.1 Å². The second-order valence-electron chi connectivity index (χ2n) is 6.05. The highest BCUT2D eigenvalue weighted by Crippen LogP contribution is 2.24. The second kappa shape index (κ2) is 8.11. The Morgan fingerprint density at radius 1 is 1.12 bits per heavy atom. The molecule has 0 aliphatic heterocycles. The van der Waals surface area contributed by atoms with E-state index in [2.05, 4.69) is 20.9 Å². The number of carbonyl (C=O) groups is 2. The number of amides is 3. The predicted molar refractivity (Wildman–Crippen MR) is 101 cm³/mol. The Morgan fingerprint density at radius 2 is 1.80 bits per heavy atom. The molecule has 0 saturated carbocycles. The van der Waals surface area contributed by atoms with E-state index in [-0.39, 0.29) is 24.0 Å². The first-order valence-corrected chi connectivity index (χ1v) is 8.96. The number of thiazole rings is 1. The molecule has 2 rings (SSSR count). The average molecular weight is 360 g/mol. The summed E-state index contributed by atoms with van der Waals surface area (Å²) in [5, 5.41) is 9.61. The van der Waals surface area contributed by atoms with E-state index in [1.54, 1.807) is 11.3 Å². The average Bonchev–Trinajstić information content (AvgIpc) is 2.85. The number of nitrogens with one attached hydrogen (secondary N) is 3. The fourth-order valence-corrected chi connectivity index (χ4v) is 3.55. The molecule has 0 saturated heterocycles. The van der Waals surface area contributed by atoms with Crippen LogP contribution in [0.4, 0.5) is 10.5 Å². The van der Waals surface area contributed by atoms with E-state index < -0.39 is 0 Å². The highest BCUT2D eigenvalue weighted by molar-refractivity contribution is 7.11.